The zero-order valence-electron chi connectivity index (χ0n) is 12.6. The van der Waals surface area contributed by atoms with E-state index in [4.69, 9.17) is 4.42 Å². The predicted octanol–water partition coefficient (Wildman–Crippen LogP) is 2.97. The number of amides is 1. The number of rotatable bonds is 6. The zero-order chi connectivity index (χ0) is 15.9. The average molecular weight is 307 g/mol. The van der Waals surface area contributed by atoms with Crippen LogP contribution in [0.4, 0.5) is 0 Å². The molecular weight excluding hydrogens is 290 g/mol. The van der Waals surface area contributed by atoms with E-state index in [9.17, 15) is 4.79 Å². The fourth-order valence-corrected chi connectivity index (χ4v) is 2.15. The lowest BCUT2D eigenvalue weighted by Crippen LogP contribution is -2.25. The second kappa shape index (κ2) is 7.26. The molecule has 0 saturated heterocycles. The van der Waals surface area contributed by atoms with E-state index in [1.54, 1.807) is 29.5 Å². The number of carbonyl (C=O) groups is 1. The molecule has 3 rings (SSSR count). The molecule has 0 radical (unpaired) electrons. The monoisotopic (exact) mass is 307 g/mol. The SMILES string of the molecule is O=C(/C=C/c1ccccc1)NCCn1cc(-c2ccoc2)cn1. The first-order valence-electron chi connectivity index (χ1n) is 7.37. The fourth-order valence-electron chi connectivity index (χ4n) is 2.15. The third-order valence-electron chi connectivity index (χ3n) is 3.35. The van der Waals surface area contributed by atoms with Crippen molar-refractivity contribution in [3.63, 3.8) is 0 Å². The highest BCUT2D eigenvalue weighted by Crippen LogP contribution is 2.18. The number of hydrogen-bond donors (Lipinski definition) is 1. The summed E-state index contributed by atoms with van der Waals surface area (Å²) in [6.45, 7) is 1.13. The molecule has 23 heavy (non-hydrogen) atoms. The molecule has 2 aromatic heterocycles. The molecule has 5 nitrogen and oxygen atoms in total. The Bertz CT molecular complexity index is 774. The third kappa shape index (κ3) is 4.20. The molecule has 0 atom stereocenters. The zero-order valence-corrected chi connectivity index (χ0v) is 12.6. The number of benzene rings is 1. The van der Waals surface area contributed by atoms with E-state index in [-0.39, 0.29) is 5.91 Å². The summed E-state index contributed by atoms with van der Waals surface area (Å²) in [4.78, 5) is 11.8. The van der Waals surface area contributed by atoms with Gasteiger partial charge in [0.2, 0.25) is 5.91 Å². The van der Waals surface area contributed by atoms with Crippen LogP contribution in [-0.4, -0.2) is 22.2 Å². The van der Waals surface area contributed by atoms with E-state index in [1.807, 2.05) is 42.6 Å². The summed E-state index contributed by atoms with van der Waals surface area (Å²) in [6, 6.07) is 11.6. The number of nitrogens with zero attached hydrogens (tertiary/aromatic N) is 2. The van der Waals surface area contributed by atoms with Crippen LogP contribution in [0.1, 0.15) is 5.56 Å². The Kier molecular flexibility index (Phi) is 4.69. The van der Waals surface area contributed by atoms with Crippen LogP contribution in [0.5, 0.6) is 0 Å². The summed E-state index contributed by atoms with van der Waals surface area (Å²) >= 11 is 0. The maximum absolute atomic E-state index is 11.8. The highest BCUT2D eigenvalue weighted by Gasteiger charge is 2.03. The van der Waals surface area contributed by atoms with E-state index in [2.05, 4.69) is 10.4 Å². The minimum absolute atomic E-state index is 0.115. The molecule has 2 heterocycles. The van der Waals surface area contributed by atoms with Crippen molar-refractivity contribution < 1.29 is 9.21 Å². The molecular formula is C18H17N3O2. The first kappa shape index (κ1) is 14.8. The summed E-state index contributed by atoms with van der Waals surface area (Å²) in [7, 11) is 0. The maximum Gasteiger partial charge on any atom is 0.244 e. The van der Waals surface area contributed by atoms with Gasteiger partial charge in [0.15, 0.2) is 0 Å². The molecule has 1 aromatic carbocycles. The Morgan fingerprint density at radius 3 is 2.87 bits per heavy atom. The van der Waals surface area contributed by atoms with Crippen LogP contribution in [0.25, 0.3) is 17.2 Å². The molecule has 1 amide bonds. The standard InChI is InChI=1S/C18H17N3O2/c22-18(7-6-15-4-2-1-3-5-15)19-9-10-21-13-17(12-20-21)16-8-11-23-14-16/h1-8,11-14H,9-10H2,(H,19,22)/b7-6+. The molecule has 0 fully saturated rings. The van der Waals surface area contributed by atoms with Crippen LogP contribution in [-0.2, 0) is 11.3 Å². The maximum atomic E-state index is 11.8. The summed E-state index contributed by atoms with van der Waals surface area (Å²) in [6.07, 6.45) is 10.3. The molecule has 3 aromatic rings. The number of carbonyl (C=O) groups excluding carboxylic acids is 1. The highest BCUT2D eigenvalue weighted by atomic mass is 16.3. The summed E-state index contributed by atoms with van der Waals surface area (Å²) < 4.78 is 6.85. The van der Waals surface area contributed by atoms with Gasteiger partial charge in [-0.1, -0.05) is 30.3 Å². The summed E-state index contributed by atoms with van der Waals surface area (Å²) in [5, 5.41) is 7.11. The first-order chi connectivity index (χ1) is 11.3. The highest BCUT2D eigenvalue weighted by molar-refractivity contribution is 5.91. The molecule has 1 N–H and O–H groups in total. The molecule has 0 spiro atoms. The van der Waals surface area contributed by atoms with E-state index in [1.165, 1.54) is 6.08 Å². The number of nitrogens with one attached hydrogen (secondary N) is 1. The number of furan rings is 1. The summed E-state index contributed by atoms with van der Waals surface area (Å²) in [5.41, 5.74) is 2.99. The van der Waals surface area contributed by atoms with Gasteiger partial charge in [-0.2, -0.15) is 5.10 Å². The van der Waals surface area contributed by atoms with Gasteiger partial charge >= 0.3 is 0 Å². The molecule has 0 aliphatic rings. The Morgan fingerprint density at radius 2 is 2.09 bits per heavy atom. The van der Waals surface area contributed by atoms with E-state index in [0.29, 0.717) is 13.1 Å². The lowest BCUT2D eigenvalue weighted by molar-refractivity contribution is -0.116. The largest absolute Gasteiger partial charge is 0.472 e. The van der Waals surface area contributed by atoms with Gasteiger partial charge in [-0.05, 0) is 17.7 Å². The van der Waals surface area contributed by atoms with Crippen LogP contribution < -0.4 is 5.32 Å². The van der Waals surface area contributed by atoms with E-state index >= 15 is 0 Å². The van der Waals surface area contributed by atoms with Crippen LogP contribution in [0.2, 0.25) is 0 Å². The van der Waals surface area contributed by atoms with Crippen LogP contribution in [0.15, 0.2) is 71.8 Å². The van der Waals surface area contributed by atoms with Crippen molar-refractivity contribution in [2.75, 3.05) is 6.54 Å². The van der Waals surface area contributed by atoms with Crippen molar-refractivity contribution in [1.29, 1.82) is 0 Å². The van der Waals surface area contributed by atoms with Crippen LogP contribution in [0, 0.1) is 0 Å². The lowest BCUT2D eigenvalue weighted by atomic mass is 10.2. The van der Waals surface area contributed by atoms with Gasteiger partial charge in [-0.25, -0.2) is 0 Å². The topological polar surface area (TPSA) is 60.1 Å². The fraction of sp³-hybridized carbons (Fsp3) is 0.111. The van der Waals surface area contributed by atoms with Crippen LogP contribution >= 0.6 is 0 Å². The van der Waals surface area contributed by atoms with Crippen molar-refractivity contribution in [2.45, 2.75) is 6.54 Å². The molecule has 0 aliphatic heterocycles. The van der Waals surface area contributed by atoms with Gasteiger partial charge < -0.3 is 9.73 Å². The quantitative estimate of drug-likeness (QED) is 0.712. The first-order valence-corrected chi connectivity index (χ1v) is 7.37. The Hall–Kier alpha value is -3.08. The van der Waals surface area contributed by atoms with Gasteiger partial charge in [0.05, 0.1) is 25.3 Å². The Balaban J connectivity index is 1.46. The van der Waals surface area contributed by atoms with Gasteiger partial charge in [0.25, 0.3) is 0 Å². The van der Waals surface area contributed by atoms with Gasteiger partial charge in [-0.15, -0.1) is 0 Å². The Labute approximate surface area is 134 Å². The van der Waals surface area contributed by atoms with Crippen LogP contribution in [0.3, 0.4) is 0 Å². The number of hydrogen-bond acceptors (Lipinski definition) is 3. The summed E-state index contributed by atoms with van der Waals surface area (Å²) in [5.74, 6) is -0.115. The average Bonchev–Trinajstić information content (AvgIpc) is 3.25. The molecule has 0 bridgehead atoms. The number of aromatic nitrogens is 2. The molecule has 0 aliphatic carbocycles. The third-order valence-corrected chi connectivity index (χ3v) is 3.35. The smallest absolute Gasteiger partial charge is 0.244 e. The minimum atomic E-state index is -0.115. The van der Waals surface area contributed by atoms with Crippen molar-refractivity contribution >= 4 is 12.0 Å². The molecule has 5 heteroatoms. The molecule has 0 unspecified atom stereocenters. The minimum Gasteiger partial charge on any atom is -0.472 e. The van der Waals surface area contributed by atoms with Gasteiger partial charge in [0, 0.05) is 29.9 Å². The van der Waals surface area contributed by atoms with E-state index in [0.717, 1.165) is 16.7 Å². The van der Waals surface area contributed by atoms with Gasteiger partial charge in [0.1, 0.15) is 0 Å². The van der Waals surface area contributed by atoms with Crippen molar-refractivity contribution in [3.05, 3.63) is 73.0 Å². The molecule has 0 saturated carbocycles. The van der Waals surface area contributed by atoms with E-state index < -0.39 is 0 Å². The second-order valence-electron chi connectivity index (χ2n) is 5.04. The van der Waals surface area contributed by atoms with Crippen molar-refractivity contribution in [1.82, 2.24) is 15.1 Å². The second-order valence-corrected chi connectivity index (χ2v) is 5.04. The van der Waals surface area contributed by atoms with Crippen molar-refractivity contribution in [2.24, 2.45) is 0 Å². The molecule has 116 valence electrons. The van der Waals surface area contributed by atoms with Crippen molar-refractivity contribution in [3.8, 4) is 11.1 Å². The Morgan fingerprint density at radius 1 is 1.22 bits per heavy atom. The normalized spacial score (nSPS) is 11.0. The predicted molar refractivity (Wildman–Crippen MR) is 88.4 cm³/mol. The van der Waals surface area contributed by atoms with Gasteiger partial charge in [-0.3, -0.25) is 9.48 Å². The lowest BCUT2D eigenvalue weighted by Gasteiger charge is -2.02.